The number of aromatic nitrogens is 2. The first kappa shape index (κ1) is 24.6. The van der Waals surface area contributed by atoms with Crippen LogP contribution in [0.1, 0.15) is 52.3 Å². The van der Waals surface area contributed by atoms with Crippen LogP contribution in [-0.2, 0) is 11.3 Å². The normalized spacial score (nSPS) is 11.3. The van der Waals surface area contributed by atoms with Crippen LogP contribution in [0.2, 0.25) is 5.15 Å². The first-order valence-electron chi connectivity index (χ1n) is 10.1. The Balaban J connectivity index is 0.00000166. The molecule has 8 heteroatoms. The second-order valence-corrected chi connectivity index (χ2v) is 8.10. The summed E-state index contributed by atoms with van der Waals surface area (Å²) in [6, 6.07) is 10.6. The minimum absolute atomic E-state index is 0.101. The van der Waals surface area contributed by atoms with Gasteiger partial charge in [0.25, 0.3) is 0 Å². The van der Waals surface area contributed by atoms with Crippen LogP contribution in [0.5, 0.6) is 0 Å². The predicted octanol–water partition coefficient (Wildman–Crippen LogP) is 7.36. The molecule has 3 rings (SSSR count). The number of carbonyl (C=O) groups excluding carboxylic acids is 1. The average Bonchev–Trinajstić information content (AvgIpc) is 3.03. The topological polar surface area (TPSA) is 47.4 Å². The van der Waals surface area contributed by atoms with Crippen LogP contribution in [0.15, 0.2) is 42.6 Å². The highest BCUT2D eigenvalue weighted by atomic mass is 35.5. The van der Waals surface area contributed by atoms with E-state index in [1.54, 1.807) is 27.7 Å². The molecular weight excluding hydrogens is 424 g/mol. The summed E-state index contributed by atoms with van der Waals surface area (Å²) in [5, 5.41) is 0.101. The van der Waals surface area contributed by atoms with Crippen molar-refractivity contribution >= 4 is 34.4 Å². The molecule has 2 heterocycles. The van der Waals surface area contributed by atoms with Gasteiger partial charge in [-0.1, -0.05) is 55.8 Å². The van der Waals surface area contributed by atoms with Crippen molar-refractivity contribution in [1.82, 2.24) is 9.55 Å². The highest BCUT2D eigenvalue weighted by Crippen LogP contribution is 2.35. The van der Waals surface area contributed by atoms with Crippen LogP contribution in [0, 0.1) is 6.92 Å². The largest absolute Gasteiger partial charge is 0.443 e. The van der Waals surface area contributed by atoms with Crippen LogP contribution in [0.25, 0.3) is 11.0 Å². The second kappa shape index (κ2) is 10.1. The first-order chi connectivity index (χ1) is 14.6. The number of anilines is 1. The summed E-state index contributed by atoms with van der Waals surface area (Å²) in [6.07, 6.45) is 0.641. The zero-order valence-corrected chi connectivity index (χ0v) is 19.4. The summed E-state index contributed by atoms with van der Waals surface area (Å²) in [5.74, 6) is 0. The van der Waals surface area contributed by atoms with Crippen molar-refractivity contribution in [3.05, 3.63) is 58.9 Å². The fourth-order valence-electron chi connectivity index (χ4n) is 3.05. The molecule has 0 fully saturated rings. The molecule has 0 saturated heterocycles. The van der Waals surface area contributed by atoms with Gasteiger partial charge >= 0.3 is 12.6 Å². The Morgan fingerprint density at radius 1 is 1.23 bits per heavy atom. The number of pyridine rings is 1. The maximum absolute atomic E-state index is 13.7. The van der Waals surface area contributed by atoms with Gasteiger partial charge < -0.3 is 4.74 Å². The summed E-state index contributed by atoms with van der Waals surface area (Å²) in [5.41, 5.74) is 1.24. The number of nitrogens with zero attached hydrogens (tertiary/aromatic N) is 3. The van der Waals surface area contributed by atoms with Gasteiger partial charge in [-0.15, -0.1) is 0 Å². The molecule has 0 aliphatic heterocycles. The molecule has 1 aromatic carbocycles. The van der Waals surface area contributed by atoms with Gasteiger partial charge in [0.15, 0.2) is 0 Å². The van der Waals surface area contributed by atoms with Gasteiger partial charge in [-0.05, 0) is 38.8 Å². The highest BCUT2D eigenvalue weighted by Gasteiger charge is 2.28. The van der Waals surface area contributed by atoms with E-state index >= 15 is 0 Å². The Labute approximate surface area is 186 Å². The summed E-state index contributed by atoms with van der Waals surface area (Å²) >= 11 is 6.18. The molecule has 0 radical (unpaired) electrons. The highest BCUT2D eigenvalue weighted by molar-refractivity contribution is 6.30. The number of halogens is 3. The number of alkyl halides is 2. The van der Waals surface area contributed by atoms with E-state index in [0.717, 1.165) is 10.1 Å². The third kappa shape index (κ3) is 5.94. The molecule has 0 saturated carbocycles. The van der Waals surface area contributed by atoms with Crippen molar-refractivity contribution < 1.29 is 18.3 Å². The van der Waals surface area contributed by atoms with Gasteiger partial charge in [0, 0.05) is 12.3 Å². The Hall–Kier alpha value is -2.67. The zero-order valence-electron chi connectivity index (χ0n) is 18.6. The SMILES string of the molecule is CC.Cc1cn(C(F)F)c2c(N(Cc3ccccc3)C(=O)OC(C)(C)C)cc(Cl)nc12. The Morgan fingerprint density at radius 3 is 2.39 bits per heavy atom. The quantitative estimate of drug-likeness (QED) is 0.389. The van der Waals surface area contributed by atoms with E-state index in [2.05, 4.69) is 4.98 Å². The summed E-state index contributed by atoms with van der Waals surface area (Å²) in [4.78, 5) is 18.6. The van der Waals surface area contributed by atoms with Crippen LogP contribution >= 0.6 is 11.6 Å². The van der Waals surface area contributed by atoms with Crippen LogP contribution in [0.3, 0.4) is 0 Å². The predicted molar refractivity (Wildman–Crippen MR) is 121 cm³/mol. The van der Waals surface area contributed by atoms with Gasteiger partial charge in [-0.3, -0.25) is 9.47 Å². The third-order valence-corrected chi connectivity index (χ3v) is 4.40. The molecule has 0 N–H and O–H groups in total. The minimum Gasteiger partial charge on any atom is -0.443 e. The first-order valence-corrected chi connectivity index (χ1v) is 10.4. The Kier molecular flexibility index (Phi) is 8.01. The lowest BCUT2D eigenvalue weighted by molar-refractivity contribution is 0.0575. The van der Waals surface area contributed by atoms with Gasteiger partial charge in [0.05, 0.1) is 23.3 Å². The molecule has 0 atom stereocenters. The lowest BCUT2D eigenvalue weighted by Crippen LogP contribution is -2.36. The molecule has 5 nitrogen and oxygen atoms in total. The number of rotatable bonds is 4. The van der Waals surface area contributed by atoms with Crippen LogP contribution < -0.4 is 4.90 Å². The van der Waals surface area contributed by atoms with Crippen LogP contribution in [0.4, 0.5) is 19.3 Å². The maximum atomic E-state index is 13.7. The smallest absolute Gasteiger partial charge is 0.415 e. The number of benzene rings is 1. The molecular formula is C23H28ClF2N3O2. The van der Waals surface area contributed by atoms with Gasteiger partial charge in [-0.25, -0.2) is 9.78 Å². The minimum atomic E-state index is -2.80. The zero-order chi connectivity index (χ0) is 23.3. The van der Waals surface area contributed by atoms with Crippen molar-refractivity contribution in [2.45, 2.75) is 60.2 Å². The number of carbonyl (C=O) groups is 1. The fraction of sp³-hybridized carbons (Fsp3) is 0.391. The summed E-state index contributed by atoms with van der Waals surface area (Å²) in [7, 11) is 0. The maximum Gasteiger partial charge on any atom is 0.415 e. The number of hydrogen-bond donors (Lipinski definition) is 0. The van der Waals surface area contributed by atoms with Crippen molar-refractivity contribution in [3.63, 3.8) is 0 Å². The number of ether oxygens (including phenoxy) is 1. The van der Waals surface area contributed by atoms with E-state index in [1.165, 1.54) is 17.2 Å². The molecule has 0 unspecified atom stereocenters. The van der Waals surface area contributed by atoms with Gasteiger partial charge in [-0.2, -0.15) is 8.78 Å². The number of hydrogen-bond acceptors (Lipinski definition) is 3. The van der Waals surface area contributed by atoms with Crippen LogP contribution in [-0.4, -0.2) is 21.2 Å². The Morgan fingerprint density at radius 2 is 1.84 bits per heavy atom. The van der Waals surface area contributed by atoms with E-state index in [9.17, 15) is 13.6 Å². The fourth-order valence-corrected chi connectivity index (χ4v) is 3.24. The lowest BCUT2D eigenvalue weighted by Gasteiger charge is -2.28. The molecule has 0 aliphatic carbocycles. The molecule has 168 valence electrons. The van der Waals surface area contributed by atoms with Gasteiger partial charge in [0.1, 0.15) is 10.8 Å². The molecule has 0 spiro atoms. The van der Waals surface area contributed by atoms with Crippen molar-refractivity contribution in [3.8, 4) is 0 Å². The van der Waals surface area contributed by atoms with Crippen molar-refractivity contribution in [2.24, 2.45) is 0 Å². The molecule has 0 bridgehead atoms. The van der Waals surface area contributed by atoms with Gasteiger partial charge in [0.2, 0.25) is 0 Å². The van der Waals surface area contributed by atoms with E-state index < -0.39 is 18.2 Å². The Bertz CT molecular complexity index is 1030. The van der Waals surface area contributed by atoms with Crippen molar-refractivity contribution in [1.29, 1.82) is 0 Å². The van der Waals surface area contributed by atoms with E-state index in [-0.39, 0.29) is 22.9 Å². The molecule has 31 heavy (non-hydrogen) atoms. The average molecular weight is 452 g/mol. The van der Waals surface area contributed by atoms with E-state index in [1.807, 2.05) is 44.2 Å². The standard InChI is InChI=1S/C21H22ClF2N3O2.C2H6/c1-13-11-27(19(23)24)18-15(10-16(22)25-17(13)18)26(20(28)29-21(2,3)4)12-14-8-6-5-7-9-14;1-2/h5-11,19H,12H2,1-4H3;1-2H3. The van der Waals surface area contributed by atoms with Crippen molar-refractivity contribution in [2.75, 3.05) is 4.90 Å². The molecule has 0 aliphatic rings. The van der Waals surface area contributed by atoms with E-state index in [0.29, 0.717) is 11.1 Å². The third-order valence-electron chi connectivity index (χ3n) is 4.20. The molecule has 2 aromatic heterocycles. The summed E-state index contributed by atoms with van der Waals surface area (Å²) in [6.45, 7) is 8.22. The van der Waals surface area contributed by atoms with E-state index in [4.69, 9.17) is 16.3 Å². The number of amides is 1. The second-order valence-electron chi connectivity index (χ2n) is 7.71. The summed E-state index contributed by atoms with van der Waals surface area (Å²) < 4.78 is 33.8. The monoisotopic (exact) mass is 451 g/mol. The molecule has 1 amide bonds. The molecule has 3 aromatic rings. The number of fused-ring (bicyclic) bond motifs is 1. The lowest BCUT2D eigenvalue weighted by atomic mass is 10.2. The number of aryl methyl sites for hydroxylation is 1.